The SMILES string of the molecule is NC(N=NC(=O)OCc1ccccc1)C(=O)N(N)c1ccccc1Cc1ccccc1. The molecule has 8 heteroatoms. The molecule has 3 aromatic rings. The Bertz CT molecular complexity index is 1040. The zero-order valence-corrected chi connectivity index (χ0v) is 16.8. The molecule has 0 fully saturated rings. The molecular weight excluding hydrogens is 394 g/mol. The van der Waals surface area contributed by atoms with Crippen LogP contribution in [0, 0.1) is 0 Å². The molecule has 0 spiro atoms. The highest BCUT2D eigenvalue weighted by Crippen LogP contribution is 2.22. The summed E-state index contributed by atoms with van der Waals surface area (Å²) in [4.78, 5) is 24.4. The van der Waals surface area contributed by atoms with Crippen LogP contribution in [0.25, 0.3) is 0 Å². The Hall–Kier alpha value is -3.88. The summed E-state index contributed by atoms with van der Waals surface area (Å²) in [5.74, 6) is 5.31. The lowest BCUT2D eigenvalue weighted by Gasteiger charge is -2.21. The smallest absolute Gasteiger partial charge is 0.442 e. The molecule has 1 atom stereocenters. The van der Waals surface area contributed by atoms with E-state index in [1.807, 2.05) is 60.7 Å². The third kappa shape index (κ3) is 6.30. The maximum atomic E-state index is 12.6. The third-order valence-corrected chi connectivity index (χ3v) is 4.45. The van der Waals surface area contributed by atoms with Crippen LogP contribution in [0.3, 0.4) is 0 Å². The van der Waals surface area contributed by atoms with Gasteiger partial charge in [0.25, 0.3) is 5.91 Å². The molecule has 3 rings (SSSR count). The number of anilines is 1. The van der Waals surface area contributed by atoms with E-state index in [0.29, 0.717) is 12.1 Å². The van der Waals surface area contributed by atoms with E-state index in [9.17, 15) is 9.59 Å². The predicted octanol–water partition coefficient (Wildman–Crippen LogP) is 3.56. The molecule has 4 N–H and O–H groups in total. The van der Waals surface area contributed by atoms with E-state index in [2.05, 4.69) is 10.2 Å². The second kappa shape index (κ2) is 10.8. The van der Waals surface area contributed by atoms with Gasteiger partial charge in [-0.3, -0.25) is 4.79 Å². The van der Waals surface area contributed by atoms with Gasteiger partial charge >= 0.3 is 6.09 Å². The lowest BCUT2D eigenvalue weighted by molar-refractivity contribution is -0.119. The van der Waals surface area contributed by atoms with E-state index in [0.717, 1.165) is 21.7 Å². The molecule has 8 nitrogen and oxygen atoms in total. The number of amides is 2. The maximum absolute atomic E-state index is 12.6. The first-order valence-corrected chi connectivity index (χ1v) is 9.62. The van der Waals surface area contributed by atoms with Gasteiger partial charge in [-0.1, -0.05) is 84.0 Å². The van der Waals surface area contributed by atoms with Gasteiger partial charge in [0, 0.05) is 0 Å². The summed E-state index contributed by atoms with van der Waals surface area (Å²) in [6.07, 6.45) is -1.81. The number of hydrogen-bond acceptors (Lipinski definition) is 6. The molecule has 0 saturated carbocycles. The summed E-state index contributed by atoms with van der Waals surface area (Å²) in [5, 5.41) is 7.84. The number of rotatable bonds is 7. The summed E-state index contributed by atoms with van der Waals surface area (Å²) >= 11 is 0. The number of ether oxygens (including phenoxy) is 1. The predicted molar refractivity (Wildman–Crippen MR) is 117 cm³/mol. The normalized spacial score (nSPS) is 11.8. The van der Waals surface area contributed by atoms with Crippen molar-refractivity contribution in [2.75, 3.05) is 5.01 Å². The van der Waals surface area contributed by atoms with Crippen molar-refractivity contribution in [1.29, 1.82) is 0 Å². The van der Waals surface area contributed by atoms with E-state index in [-0.39, 0.29) is 6.61 Å². The van der Waals surface area contributed by atoms with Gasteiger partial charge in [-0.05, 0) is 29.2 Å². The standard InChI is InChI=1S/C23H23N5O3/c24-21(26-27-23(30)31-16-18-11-5-2-6-12-18)22(29)28(25)20-14-8-7-13-19(20)15-17-9-3-1-4-10-17/h1-14,21H,15-16,24-25H2. The average molecular weight is 417 g/mol. The van der Waals surface area contributed by atoms with Crippen LogP contribution in [0.1, 0.15) is 16.7 Å². The van der Waals surface area contributed by atoms with Crippen LogP contribution >= 0.6 is 0 Å². The molecule has 0 aliphatic heterocycles. The van der Waals surface area contributed by atoms with Gasteiger partial charge in [-0.15, -0.1) is 0 Å². The quantitative estimate of drug-likeness (QED) is 0.263. The topological polar surface area (TPSA) is 123 Å². The Labute approximate surface area is 180 Å². The van der Waals surface area contributed by atoms with Gasteiger partial charge in [0.15, 0.2) is 6.17 Å². The van der Waals surface area contributed by atoms with Gasteiger partial charge in [0.05, 0.1) is 5.69 Å². The summed E-state index contributed by atoms with van der Waals surface area (Å²) in [5.41, 5.74) is 8.98. The highest BCUT2D eigenvalue weighted by Gasteiger charge is 2.22. The number of nitrogens with zero attached hydrogens (tertiary/aromatic N) is 3. The van der Waals surface area contributed by atoms with Crippen LogP contribution < -0.4 is 16.6 Å². The molecule has 158 valence electrons. The molecule has 0 aliphatic rings. The first-order chi connectivity index (χ1) is 15.0. The van der Waals surface area contributed by atoms with Crippen molar-refractivity contribution in [2.24, 2.45) is 21.8 Å². The molecule has 0 bridgehead atoms. The van der Waals surface area contributed by atoms with Gasteiger partial charge in [0.1, 0.15) is 6.61 Å². The van der Waals surface area contributed by atoms with Crippen molar-refractivity contribution in [3.63, 3.8) is 0 Å². The average Bonchev–Trinajstić information content (AvgIpc) is 2.82. The fourth-order valence-electron chi connectivity index (χ4n) is 2.88. The summed E-state index contributed by atoms with van der Waals surface area (Å²) in [7, 11) is 0. The van der Waals surface area contributed by atoms with Crippen LogP contribution in [-0.4, -0.2) is 18.2 Å². The lowest BCUT2D eigenvalue weighted by atomic mass is 10.0. The second-order valence-corrected chi connectivity index (χ2v) is 6.70. The Morgan fingerprint density at radius 2 is 1.45 bits per heavy atom. The third-order valence-electron chi connectivity index (χ3n) is 4.45. The summed E-state index contributed by atoms with van der Waals surface area (Å²) in [6, 6.07) is 26.1. The van der Waals surface area contributed by atoms with Crippen LogP contribution in [0.2, 0.25) is 0 Å². The largest absolute Gasteiger partial charge is 0.452 e. The summed E-state index contributed by atoms with van der Waals surface area (Å²) in [6.45, 7) is 0.0394. The van der Waals surface area contributed by atoms with Crippen LogP contribution in [0.5, 0.6) is 0 Å². The Morgan fingerprint density at radius 1 is 0.871 bits per heavy atom. The monoisotopic (exact) mass is 417 g/mol. The zero-order valence-electron chi connectivity index (χ0n) is 16.8. The fourth-order valence-corrected chi connectivity index (χ4v) is 2.88. The van der Waals surface area contributed by atoms with E-state index in [4.69, 9.17) is 16.3 Å². The van der Waals surface area contributed by atoms with Gasteiger partial charge in [0.2, 0.25) is 0 Å². The highest BCUT2D eigenvalue weighted by molar-refractivity contribution is 5.96. The second-order valence-electron chi connectivity index (χ2n) is 6.70. The number of benzene rings is 3. The minimum absolute atomic E-state index is 0.0394. The molecular formula is C23H23N5O3. The van der Waals surface area contributed by atoms with Crippen molar-refractivity contribution in [1.82, 2.24) is 0 Å². The minimum atomic E-state index is -1.45. The molecule has 0 aliphatic carbocycles. The molecule has 2 amide bonds. The fraction of sp³-hybridized carbons (Fsp3) is 0.130. The number of para-hydroxylation sites is 1. The van der Waals surface area contributed by atoms with Crippen molar-refractivity contribution in [2.45, 2.75) is 19.2 Å². The maximum Gasteiger partial charge on any atom is 0.452 e. The Kier molecular flexibility index (Phi) is 7.58. The minimum Gasteiger partial charge on any atom is -0.442 e. The van der Waals surface area contributed by atoms with E-state index in [1.54, 1.807) is 24.3 Å². The van der Waals surface area contributed by atoms with E-state index < -0.39 is 18.2 Å². The number of hydrogen-bond donors (Lipinski definition) is 2. The molecule has 3 aromatic carbocycles. The molecule has 0 aromatic heterocycles. The molecule has 31 heavy (non-hydrogen) atoms. The number of nitrogens with two attached hydrogens (primary N) is 2. The molecule has 0 radical (unpaired) electrons. The van der Waals surface area contributed by atoms with Crippen molar-refractivity contribution < 1.29 is 14.3 Å². The van der Waals surface area contributed by atoms with Crippen molar-refractivity contribution >= 4 is 17.7 Å². The van der Waals surface area contributed by atoms with Crippen molar-refractivity contribution in [3.8, 4) is 0 Å². The Balaban J connectivity index is 1.61. The number of hydrazine groups is 1. The first kappa shape index (κ1) is 21.8. The van der Waals surface area contributed by atoms with Crippen molar-refractivity contribution in [3.05, 3.63) is 102 Å². The number of carbonyl (C=O) groups is 2. The number of carbonyl (C=O) groups excluding carboxylic acids is 2. The van der Waals surface area contributed by atoms with Crippen LogP contribution in [0.4, 0.5) is 10.5 Å². The Morgan fingerprint density at radius 3 is 2.13 bits per heavy atom. The van der Waals surface area contributed by atoms with Crippen LogP contribution in [-0.2, 0) is 22.6 Å². The van der Waals surface area contributed by atoms with E-state index >= 15 is 0 Å². The van der Waals surface area contributed by atoms with E-state index in [1.165, 1.54) is 0 Å². The lowest BCUT2D eigenvalue weighted by Crippen LogP contribution is -2.47. The molecule has 1 unspecified atom stereocenters. The molecule has 0 heterocycles. The van der Waals surface area contributed by atoms with Gasteiger partial charge in [-0.25, -0.2) is 15.6 Å². The highest BCUT2D eigenvalue weighted by atomic mass is 16.5. The zero-order chi connectivity index (χ0) is 22.1. The molecule has 0 saturated heterocycles. The van der Waals surface area contributed by atoms with Crippen LogP contribution in [0.15, 0.2) is 95.2 Å². The first-order valence-electron chi connectivity index (χ1n) is 9.62. The number of azo groups is 1. The van der Waals surface area contributed by atoms with Gasteiger partial charge in [-0.2, -0.15) is 5.11 Å². The van der Waals surface area contributed by atoms with Gasteiger partial charge < -0.3 is 10.5 Å². The summed E-state index contributed by atoms with van der Waals surface area (Å²) < 4.78 is 4.98.